The van der Waals surface area contributed by atoms with Crippen LogP contribution in [0.1, 0.15) is 10.4 Å². The van der Waals surface area contributed by atoms with Crippen LogP contribution in [0.4, 0.5) is 4.39 Å². The predicted molar refractivity (Wildman–Crippen MR) is 53.4 cm³/mol. The molecule has 0 atom stereocenters. The zero-order valence-corrected chi connectivity index (χ0v) is 8.84. The van der Waals surface area contributed by atoms with Crippen molar-refractivity contribution in [2.24, 2.45) is 0 Å². The average molecular weight is 233 g/mol. The smallest absolute Gasteiger partial charge is 0.253 e. The van der Waals surface area contributed by atoms with Crippen molar-refractivity contribution in [1.82, 2.24) is 10.3 Å². The van der Waals surface area contributed by atoms with E-state index in [0.29, 0.717) is 13.2 Å². The minimum Gasteiger partial charge on any atom is -0.383 e. The van der Waals surface area contributed by atoms with Crippen LogP contribution in [0.2, 0.25) is 5.15 Å². The quantitative estimate of drug-likeness (QED) is 0.628. The van der Waals surface area contributed by atoms with Crippen LogP contribution in [0, 0.1) is 5.82 Å². The number of rotatable bonds is 4. The van der Waals surface area contributed by atoms with Crippen molar-refractivity contribution in [2.45, 2.75) is 0 Å². The summed E-state index contributed by atoms with van der Waals surface area (Å²) in [6, 6.07) is 1.04. The Bertz CT molecular complexity index is 360. The molecule has 1 aromatic heterocycles. The molecule has 0 aromatic carbocycles. The van der Waals surface area contributed by atoms with E-state index in [4.69, 9.17) is 16.3 Å². The summed E-state index contributed by atoms with van der Waals surface area (Å²) >= 11 is 5.37. The molecule has 1 aromatic rings. The van der Waals surface area contributed by atoms with Gasteiger partial charge in [-0.3, -0.25) is 4.79 Å². The Hall–Kier alpha value is -1.20. The van der Waals surface area contributed by atoms with E-state index in [2.05, 4.69) is 10.3 Å². The Morgan fingerprint density at radius 2 is 2.47 bits per heavy atom. The minimum atomic E-state index is -0.712. The Morgan fingerprint density at radius 3 is 3.07 bits per heavy atom. The molecule has 1 heterocycles. The van der Waals surface area contributed by atoms with Gasteiger partial charge >= 0.3 is 0 Å². The van der Waals surface area contributed by atoms with E-state index in [1.54, 1.807) is 0 Å². The van der Waals surface area contributed by atoms with Crippen molar-refractivity contribution in [3.8, 4) is 0 Å². The number of hydrogen-bond donors (Lipinski definition) is 1. The number of halogens is 2. The summed E-state index contributed by atoms with van der Waals surface area (Å²) in [7, 11) is 1.52. The predicted octanol–water partition coefficient (Wildman–Crippen LogP) is 1.25. The third kappa shape index (κ3) is 3.45. The summed E-state index contributed by atoms with van der Waals surface area (Å²) in [6.07, 6.45) is 1.22. The van der Waals surface area contributed by atoms with Crippen molar-refractivity contribution in [2.75, 3.05) is 20.3 Å². The normalized spacial score (nSPS) is 10.1. The Morgan fingerprint density at radius 1 is 1.73 bits per heavy atom. The molecule has 4 nitrogen and oxygen atoms in total. The third-order valence-corrected chi connectivity index (χ3v) is 1.93. The van der Waals surface area contributed by atoms with Gasteiger partial charge in [0.25, 0.3) is 5.91 Å². The molecule has 82 valence electrons. The van der Waals surface area contributed by atoms with Gasteiger partial charge in [0.2, 0.25) is 0 Å². The number of methoxy groups -OCH3 is 1. The van der Waals surface area contributed by atoms with Crippen LogP contribution in [-0.2, 0) is 4.74 Å². The summed E-state index contributed by atoms with van der Waals surface area (Å²) in [5.74, 6) is -1.12. The number of aromatic nitrogens is 1. The highest BCUT2D eigenvalue weighted by Gasteiger charge is 2.08. The molecule has 0 saturated carbocycles. The lowest BCUT2D eigenvalue weighted by Gasteiger charge is -2.04. The zero-order chi connectivity index (χ0) is 11.3. The monoisotopic (exact) mass is 232 g/mol. The molecule has 15 heavy (non-hydrogen) atoms. The van der Waals surface area contributed by atoms with Crippen LogP contribution in [0.3, 0.4) is 0 Å². The van der Waals surface area contributed by atoms with Crippen LogP contribution < -0.4 is 5.32 Å². The van der Waals surface area contributed by atoms with Crippen molar-refractivity contribution >= 4 is 17.5 Å². The molecule has 0 aliphatic heterocycles. The maximum Gasteiger partial charge on any atom is 0.253 e. The Balaban J connectivity index is 2.62. The maximum absolute atomic E-state index is 12.9. The van der Waals surface area contributed by atoms with Crippen molar-refractivity contribution in [3.05, 3.63) is 28.8 Å². The van der Waals surface area contributed by atoms with Crippen LogP contribution in [0.25, 0.3) is 0 Å². The van der Waals surface area contributed by atoms with Gasteiger partial charge in [-0.15, -0.1) is 0 Å². The first-order valence-corrected chi connectivity index (χ1v) is 4.61. The van der Waals surface area contributed by atoms with Gasteiger partial charge in [0, 0.05) is 19.9 Å². The van der Waals surface area contributed by atoms with Crippen molar-refractivity contribution < 1.29 is 13.9 Å². The first kappa shape index (κ1) is 11.9. The zero-order valence-electron chi connectivity index (χ0n) is 8.09. The summed E-state index contributed by atoms with van der Waals surface area (Å²) in [5, 5.41) is 2.29. The highest BCUT2D eigenvalue weighted by molar-refractivity contribution is 6.29. The fourth-order valence-electron chi connectivity index (χ4n) is 0.914. The highest BCUT2D eigenvalue weighted by Crippen LogP contribution is 2.11. The summed E-state index contributed by atoms with van der Waals surface area (Å²) in [4.78, 5) is 14.9. The lowest BCUT2D eigenvalue weighted by atomic mass is 10.2. The largest absolute Gasteiger partial charge is 0.383 e. The lowest BCUT2D eigenvalue weighted by Crippen LogP contribution is -2.27. The van der Waals surface area contributed by atoms with E-state index in [0.717, 1.165) is 6.07 Å². The van der Waals surface area contributed by atoms with Gasteiger partial charge in [0.1, 0.15) is 0 Å². The van der Waals surface area contributed by atoms with Gasteiger partial charge < -0.3 is 10.1 Å². The molecule has 0 saturated heterocycles. The number of hydrogen-bond acceptors (Lipinski definition) is 3. The molecule has 0 fully saturated rings. The van der Waals surface area contributed by atoms with Crippen LogP contribution in [0.15, 0.2) is 12.3 Å². The van der Waals surface area contributed by atoms with E-state index in [1.165, 1.54) is 13.3 Å². The van der Waals surface area contributed by atoms with E-state index < -0.39 is 11.7 Å². The molecule has 0 spiro atoms. The van der Waals surface area contributed by atoms with Crippen LogP contribution >= 0.6 is 11.6 Å². The standard InChI is InChI=1S/C9H10ClFN2O2/c1-15-3-2-12-9(14)6-4-7(11)8(10)13-5-6/h4-5H,2-3H2,1H3,(H,12,14). The van der Waals surface area contributed by atoms with E-state index in [1.807, 2.05) is 0 Å². The molecule has 1 rings (SSSR count). The molecule has 1 amide bonds. The topological polar surface area (TPSA) is 51.2 Å². The second-order valence-corrected chi connectivity index (χ2v) is 3.10. The van der Waals surface area contributed by atoms with E-state index in [9.17, 15) is 9.18 Å². The van der Waals surface area contributed by atoms with Gasteiger partial charge in [-0.2, -0.15) is 0 Å². The molecule has 6 heteroatoms. The molecule has 0 radical (unpaired) electrons. The number of carbonyl (C=O) groups is 1. The lowest BCUT2D eigenvalue weighted by molar-refractivity contribution is 0.0936. The second-order valence-electron chi connectivity index (χ2n) is 2.75. The van der Waals surface area contributed by atoms with Gasteiger partial charge in [-0.05, 0) is 6.07 Å². The number of amides is 1. The van der Waals surface area contributed by atoms with Gasteiger partial charge in [-0.25, -0.2) is 9.37 Å². The van der Waals surface area contributed by atoms with Crippen molar-refractivity contribution in [3.63, 3.8) is 0 Å². The second kappa shape index (κ2) is 5.63. The molecular weight excluding hydrogens is 223 g/mol. The van der Waals surface area contributed by atoms with Crippen LogP contribution in [0.5, 0.6) is 0 Å². The van der Waals surface area contributed by atoms with Gasteiger partial charge in [0.05, 0.1) is 12.2 Å². The third-order valence-electron chi connectivity index (χ3n) is 1.65. The number of nitrogens with zero attached hydrogens (tertiary/aromatic N) is 1. The summed E-state index contributed by atoms with van der Waals surface area (Å²) in [6.45, 7) is 0.759. The summed E-state index contributed by atoms with van der Waals surface area (Å²) in [5.41, 5.74) is 0.132. The fourth-order valence-corrected chi connectivity index (χ4v) is 1.02. The first-order valence-electron chi connectivity index (χ1n) is 4.23. The van der Waals surface area contributed by atoms with E-state index >= 15 is 0 Å². The Kier molecular flexibility index (Phi) is 4.45. The first-order chi connectivity index (χ1) is 7.15. The highest BCUT2D eigenvalue weighted by atomic mass is 35.5. The summed E-state index contributed by atoms with van der Waals surface area (Å²) < 4.78 is 17.7. The van der Waals surface area contributed by atoms with Gasteiger partial charge in [-0.1, -0.05) is 11.6 Å². The van der Waals surface area contributed by atoms with Crippen LogP contribution in [-0.4, -0.2) is 31.2 Å². The number of carbonyl (C=O) groups excluding carboxylic acids is 1. The molecule has 0 aliphatic carbocycles. The molecule has 0 aliphatic rings. The fraction of sp³-hybridized carbons (Fsp3) is 0.333. The molecular formula is C9H10ClFN2O2. The maximum atomic E-state index is 12.9. The number of pyridine rings is 1. The Labute approximate surface area is 91.4 Å². The number of nitrogens with one attached hydrogen (secondary N) is 1. The number of ether oxygens (including phenoxy) is 1. The van der Waals surface area contributed by atoms with Gasteiger partial charge in [0.15, 0.2) is 11.0 Å². The van der Waals surface area contributed by atoms with E-state index in [-0.39, 0.29) is 10.7 Å². The molecule has 0 bridgehead atoms. The molecule has 1 N–H and O–H groups in total. The minimum absolute atomic E-state index is 0.132. The molecule has 0 unspecified atom stereocenters. The SMILES string of the molecule is COCCNC(=O)c1cnc(Cl)c(F)c1. The van der Waals surface area contributed by atoms with Crippen molar-refractivity contribution in [1.29, 1.82) is 0 Å². The average Bonchev–Trinajstić information content (AvgIpc) is 2.22.